The van der Waals surface area contributed by atoms with E-state index in [1.165, 1.54) is 103 Å². The number of carboxylic acids is 1. The van der Waals surface area contributed by atoms with Gasteiger partial charge in [0.25, 0.3) is 0 Å². The van der Waals surface area contributed by atoms with E-state index < -0.39 is 51.1 Å². The van der Waals surface area contributed by atoms with Gasteiger partial charge in [-0.15, -0.1) is 0 Å². The highest BCUT2D eigenvalue weighted by Crippen LogP contribution is 2.43. The molecule has 4 N–H and O–H groups in total. The molecule has 0 fully saturated rings. The largest absolute Gasteiger partial charge is 0.480 e. The maximum absolute atomic E-state index is 12.5. The summed E-state index contributed by atoms with van der Waals surface area (Å²) in [5, 5.41) is 8.85. The van der Waals surface area contributed by atoms with Gasteiger partial charge in [0.05, 0.1) is 13.2 Å². The molecule has 0 rings (SSSR count). The average Bonchev–Trinajstić information content (AvgIpc) is 3.05. The number of esters is 2. The zero-order valence-electron chi connectivity index (χ0n) is 30.3. The topological polar surface area (TPSA) is 172 Å². The summed E-state index contributed by atoms with van der Waals surface area (Å²) in [4.78, 5) is 45.7. The van der Waals surface area contributed by atoms with Crippen molar-refractivity contribution in [1.29, 1.82) is 0 Å². The molecule has 48 heavy (non-hydrogen) atoms. The smallest absolute Gasteiger partial charge is 0.472 e. The van der Waals surface area contributed by atoms with Crippen molar-refractivity contribution in [2.45, 2.75) is 193 Å². The third-order valence-electron chi connectivity index (χ3n) is 8.36. The van der Waals surface area contributed by atoms with E-state index in [1.54, 1.807) is 0 Å². The van der Waals surface area contributed by atoms with Gasteiger partial charge in [-0.05, 0) is 12.8 Å². The van der Waals surface area contributed by atoms with Crippen LogP contribution in [0, 0.1) is 0 Å². The van der Waals surface area contributed by atoms with Crippen LogP contribution in [0.25, 0.3) is 0 Å². The van der Waals surface area contributed by atoms with Gasteiger partial charge in [-0.25, -0.2) is 4.57 Å². The highest BCUT2D eigenvalue weighted by Gasteiger charge is 2.28. The predicted molar refractivity (Wildman–Crippen MR) is 190 cm³/mol. The van der Waals surface area contributed by atoms with Gasteiger partial charge in [0.2, 0.25) is 0 Å². The fourth-order valence-corrected chi connectivity index (χ4v) is 6.08. The molecule has 0 aromatic carbocycles. The fourth-order valence-electron chi connectivity index (χ4n) is 5.30. The molecule has 0 aliphatic carbocycles. The number of hydrogen-bond donors (Lipinski definition) is 3. The number of nitrogens with two attached hydrogens (primary N) is 1. The van der Waals surface area contributed by atoms with Crippen molar-refractivity contribution < 1.29 is 47.5 Å². The summed E-state index contributed by atoms with van der Waals surface area (Å²) < 4.78 is 32.5. The molecule has 0 radical (unpaired) electrons. The van der Waals surface area contributed by atoms with Gasteiger partial charge in [0.1, 0.15) is 12.6 Å². The standard InChI is InChI=1S/C36H70NO10P/c1-3-5-7-9-11-13-15-16-18-20-22-24-26-28-35(39)47-32(30-45-48(42,43)46-31-33(37)36(40)41)29-44-34(38)27-25-23-21-19-17-14-12-10-8-6-4-2/h32-33H,3-31,37H2,1-2H3,(H,40,41)(H,42,43). The number of phosphoric ester groups is 1. The molecule has 0 aliphatic heterocycles. The molecule has 0 amide bonds. The highest BCUT2D eigenvalue weighted by atomic mass is 31.2. The molecule has 0 saturated heterocycles. The quantitative estimate of drug-likeness (QED) is 0.0322. The molecule has 3 atom stereocenters. The van der Waals surface area contributed by atoms with E-state index in [1.807, 2.05) is 0 Å². The van der Waals surface area contributed by atoms with Crippen LogP contribution in [-0.2, 0) is 37.5 Å². The minimum Gasteiger partial charge on any atom is -0.480 e. The van der Waals surface area contributed by atoms with E-state index in [0.717, 1.165) is 38.5 Å². The van der Waals surface area contributed by atoms with Crippen molar-refractivity contribution in [3.05, 3.63) is 0 Å². The zero-order chi connectivity index (χ0) is 35.7. The SMILES string of the molecule is CCCCCCCCCCCCCCCC(=O)OC(COC(=O)CCCCCCCCCCCCC)COP(=O)(O)OCC(N)C(=O)O. The van der Waals surface area contributed by atoms with Crippen LogP contribution in [0.2, 0.25) is 0 Å². The molecule has 0 heterocycles. The van der Waals surface area contributed by atoms with Gasteiger partial charge in [-0.1, -0.05) is 155 Å². The number of carbonyl (C=O) groups is 3. The first-order valence-corrected chi connectivity index (χ1v) is 20.6. The van der Waals surface area contributed by atoms with Crippen molar-refractivity contribution in [2.75, 3.05) is 19.8 Å². The number of rotatable bonds is 36. The lowest BCUT2D eigenvalue weighted by molar-refractivity contribution is -0.161. The second kappa shape index (κ2) is 32.7. The fraction of sp³-hybridized carbons (Fsp3) is 0.917. The predicted octanol–water partition coefficient (Wildman–Crippen LogP) is 9.17. The molecule has 0 aromatic rings. The monoisotopic (exact) mass is 707 g/mol. The summed E-state index contributed by atoms with van der Waals surface area (Å²) in [7, 11) is -4.70. The number of carbonyl (C=O) groups excluding carboxylic acids is 2. The minimum absolute atomic E-state index is 0.168. The maximum atomic E-state index is 12.5. The number of aliphatic carboxylic acids is 1. The van der Waals surface area contributed by atoms with Gasteiger partial charge in [-0.3, -0.25) is 23.4 Å². The van der Waals surface area contributed by atoms with Crippen LogP contribution in [0.5, 0.6) is 0 Å². The van der Waals surface area contributed by atoms with Crippen molar-refractivity contribution in [3.8, 4) is 0 Å². The molecular weight excluding hydrogens is 637 g/mol. The van der Waals surface area contributed by atoms with Gasteiger partial charge in [0.15, 0.2) is 6.10 Å². The lowest BCUT2D eigenvalue weighted by Crippen LogP contribution is -2.34. The number of ether oxygens (including phenoxy) is 2. The molecule has 0 saturated carbocycles. The Kier molecular flexibility index (Phi) is 31.6. The van der Waals surface area contributed by atoms with E-state index in [9.17, 15) is 23.8 Å². The minimum atomic E-state index is -4.70. The molecule has 0 spiro atoms. The van der Waals surface area contributed by atoms with Crippen LogP contribution >= 0.6 is 7.82 Å². The van der Waals surface area contributed by atoms with Crippen molar-refractivity contribution >= 4 is 25.7 Å². The van der Waals surface area contributed by atoms with Crippen LogP contribution in [0.3, 0.4) is 0 Å². The lowest BCUT2D eigenvalue weighted by atomic mass is 10.0. The summed E-state index contributed by atoms with van der Waals surface area (Å²) in [6.07, 6.45) is 27.4. The average molecular weight is 708 g/mol. The Hall–Kier alpha value is -1.52. The molecule has 3 unspecified atom stereocenters. The Bertz CT molecular complexity index is 844. The second-order valence-corrected chi connectivity index (χ2v) is 14.5. The van der Waals surface area contributed by atoms with Crippen molar-refractivity contribution in [2.24, 2.45) is 5.73 Å². The Morgan fingerprint density at radius 3 is 1.31 bits per heavy atom. The van der Waals surface area contributed by atoms with Gasteiger partial charge in [-0.2, -0.15) is 0 Å². The third-order valence-corrected chi connectivity index (χ3v) is 9.31. The number of unbranched alkanes of at least 4 members (excludes halogenated alkanes) is 22. The summed E-state index contributed by atoms with van der Waals surface area (Å²) in [6, 6.07) is -1.51. The van der Waals surface area contributed by atoms with Crippen molar-refractivity contribution in [3.63, 3.8) is 0 Å². The van der Waals surface area contributed by atoms with Crippen LogP contribution in [-0.4, -0.2) is 59.9 Å². The van der Waals surface area contributed by atoms with E-state index in [4.69, 9.17) is 24.8 Å². The second-order valence-electron chi connectivity index (χ2n) is 13.1. The van der Waals surface area contributed by atoms with E-state index >= 15 is 0 Å². The van der Waals surface area contributed by atoms with E-state index in [-0.39, 0.29) is 19.4 Å². The molecule has 0 aliphatic rings. The Balaban J connectivity index is 4.42. The lowest BCUT2D eigenvalue weighted by Gasteiger charge is -2.20. The third kappa shape index (κ3) is 31.7. The number of phosphoric acid groups is 1. The Labute approximate surface area is 291 Å². The summed E-state index contributed by atoms with van der Waals surface area (Å²) in [6.45, 7) is 2.79. The number of hydrogen-bond acceptors (Lipinski definition) is 9. The highest BCUT2D eigenvalue weighted by molar-refractivity contribution is 7.47. The summed E-state index contributed by atoms with van der Waals surface area (Å²) >= 11 is 0. The molecule has 11 nitrogen and oxygen atoms in total. The van der Waals surface area contributed by atoms with Gasteiger partial charge < -0.3 is 25.2 Å². The number of carboxylic acid groups (broad SMARTS) is 1. The molecular formula is C36H70NO10P. The molecule has 12 heteroatoms. The normalized spacial score (nSPS) is 13.9. The summed E-state index contributed by atoms with van der Waals surface area (Å²) in [5.41, 5.74) is 5.31. The molecule has 0 bridgehead atoms. The van der Waals surface area contributed by atoms with Gasteiger partial charge in [0, 0.05) is 12.8 Å². The molecule has 284 valence electrons. The van der Waals surface area contributed by atoms with Crippen molar-refractivity contribution in [1.82, 2.24) is 0 Å². The first-order chi connectivity index (χ1) is 23.1. The first-order valence-electron chi connectivity index (χ1n) is 19.1. The first kappa shape index (κ1) is 46.5. The van der Waals surface area contributed by atoms with Crippen LogP contribution in [0.1, 0.15) is 181 Å². The maximum Gasteiger partial charge on any atom is 0.472 e. The zero-order valence-corrected chi connectivity index (χ0v) is 31.2. The van der Waals surface area contributed by atoms with Crippen LogP contribution in [0.4, 0.5) is 0 Å². The Morgan fingerprint density at radius 1 is 0.562 bits per heavy atom. The van der Waals surface area contributed by atoms with Crippen LogP contribution in [0.15, 0.2) is 0 Å². The molecule has 0 aromatic heterocycles. The van der Waals surface area contributed by atoms with E-state index in [0.29, 0.717) is 12.8 Å². The van der Waals surface area contributed by atoms with Crippen LogP contribution < -0.4 is 5.73 Å². The van der Waals surface area contributed by atoms with E-state index in [2.05, 4.69) is 18.4 Å². The summed E-state index contributed by atoms with van der Waals surface area (Å²) in [5.74, 6) is -2.37. The Morgan fingerprint density at radius 2 is 0.917 bits per heavy atom. The van der Waals surface area contributed by atoms with Gasteiger partial charge >= 0.3 is 25.7 Å².